The Morgan fingerprint density at radius 1 is 0.973 bits per heavy atom. The van der Waals surface area contributed by atoms with Crippen LogP contribution in [0.25, 0.3) is 0 Å². The summed E-state index contributed by atoms with van der Waals surface area (Å²) >= 11 is 1.64. The van der Waals surface area contributed by atoms with E-state index >= 15 is 0 Å². The molecule has 0 aromatic heterocycles. The summed E-state index contributed by atoms with van der Waals surface area (Å²) in [7, 11) is 0. The molecule has 3 fully saturated rings. The molecule has 1 N–H and O–H groups in total. The van der Waals surface area contributed by atoms with E-state index in [1.165, 1.54) is 6.42 Å². The van der Waals surface area contributed by atoms with Gasteiger partial charge in [-0.3, -0.25) is 14.4 Å². The molecule has 1 saturated carbocycles. The van der Waals surface area contributed by atoms with Crippen molar-refractivity contribution in [1.82, 2.24) is 9.80 Å². The highest BCUT2D eigenvalue weighted by atomic mass is 32.2. The molecule has 5 atom stereocenters. The van der Waals surface area contributed by atoms with Crippen molar-refractivity contribution in [2.75, 3.05) is 26.3 Å². The van der Waals surface area contributed by atoms with Gasteiger partial charge in [-0.2, -0.15) is 0 Å². The number of fused-ring (bicyclic) bond motifs is 2. The molecule has 37 heavy (non-hydrogen) atoms. The Morgan fingerprint density at radius 3 is 2.54 bits per heavy atom. The van der Waals surface area contributed by atoms with E-state index in [1.807, 2.05) is 16.7 Å². The van der Waals surface area contributed by atoms with E-state index < -0.39 is 27.4 Å². The smallest absolute Gasteiger partial charge is 0.311 e. The maximum Gasteiger partial charge on any atom is 0.311 e. The number of hydrogen-bond donors (Lipinski definition) is 1. The van der Waals surface area contributed by atoms with Gasteiger partial charge in [0, 0.05) is 30.5 Å². The van der Waals surface area contributed by atoms with Crippen LogP contribution >= 0.6 is 11.8 Å². The third kappa shape index (κ3) is 4.77. The zero-order valence-electron chi connectivity index (χ0n) is 22.1. The summed E-state index contributed by atoms with van der Waals surface area (Å²) in [6.07, 6.45) is 18.9. The van der Waals surface area contributed by atoms with Crippen molar-refractivity contribution in [3.63, 3.8) is 0 Å². The minimum Gasteiger partial charge on any atom is -0.465 e. The molecule has 5 aliphatic rings. The summed E-state index contributed by atoms with van der Waals surface area (Å²) in [6.45, 7) is 3.64. The van der Waals surface area contributed by atoms with Crippen LogP contribution in [0.3, 0.4) is 0 Å². The Morgan fingerprint density at radius 2 is 1.76 bits per heavy atom. The van der Waals surface area contributed by atoms with Crippen molar-refractivity contribution in [3.05, 3.63) is 24.3 Å². The first-order chi connectivity index (χ1) is 17.9. The topological polar surface area (TPSA) is 87.1 Å². The van der Waals surface area contributed by atoms with E-state index in [4.69, 9.17) is 9.84 Å². The fourth-order valence-corrected chi connectivity index (χ4v) is 9.51. The molecule has 1 spiro atoms. The number of unbranched alkanes of at least 4 members (excludes halogenated alkanes) is 3. The lowest BCUT2D eigenvalue weighted by Gasteiger charge is -2.40. The molecule has 1 aliphatic carbocycles. The van der Waals surface area contributed by atoms with Crippen molar-refractivity contribution >= 4 is 29.5 Å². The number of ether oxygens (including phenoxy) is 1. The molecule has 0 radical (unpaired) electrons. The molecule has 0 aromatic carbocycles. The number of aliphatic hydroxyl groups excluding tert-OH is 1. The third-order valence-corrected chi connectivity index (χ3v) is 10.9. The second-order valence-corrected chi connectivity index (χ2v) is 13.4. The Labute approximate surface area is 225 Å². The highest BCUT2D eigenvalue weighted by Crippen LogP contribution is 2.65. The zero-order chi connectivity index (χ0) is 26.0. The first kappa shape index (κ1) is 26.8. The molecule has 5 rings (SSSR count). The van der Waals surface area contributed by atoms with E-state index in [1.54, 1.807) is 11.8 Å². The maximum atomic E-state index is 14.4. The van der Waals surface area contributed by atoms with Crippen LogP contribution in [0.1, 0.15) is 77.6 Å². The molecular weight excluding hydrogens is 488 g/mol. The largest absolute Gasteiger partial charge is 0.465 e. The van der Waals surface area contributed by atoms with Crippen LogP contribution in [-0.4, -0.2) is 80.6 Å². The summed E-state index contributed by atoms with van der Waals surface area (Å²) < 4.78 is 4.30. The van der Waals surface area contributed by atoms with Crippen LogP contribution in [0.5, 0.6) is 0 Å². The predicted molar refractivity (Wildman–Crippen MR) is 144 cm³/mol. The highest BCUT2D eigenvalue weighted by Gasteiger charge is 2.73. The normalized spacial score (nSPS) is 37.2. The molecule has 2 amide bonds. The van der Waals surface area contributed by atoms with Crippen molar-refractivity contribution in [1.29, 1.82) is 0 Å². The van der Waals surface area contributed by atoms with Gasteiger partial charge in [-0.05, 0) is 45.4 Å². The van der Waals surface area contributed by atoms with Crippen molar-refractivity contribution in [3.8, 4) is 0 Å². The van der Waals surface area contributed by atoms with E-state index in [2.05, 4.69) is 24.3 Å². The Hall–Kier alpha value is -1.80. The molecule has 1 unspecified atom stereocenters. The zero-order valence-corrected chi connectivity index (χ0v) is 22.9. The van der Waals surface area contributed by atoms with E-state index in [-0.39, 0.29) is 30.4 Å². The summed E-state index contributed by atoms with van der Waals surface area (Å²) in [4.78, 5) is 46.1. The number of carbonyl (C=O) groups excluding carboxylic acids is 3. The van der Waals surface area contributed by atoms with Crippen molar-refractivity contribution in [2.45, 2.75) is 99.1 Å². The van der Waals surface area contributed by atoms with Crippen LogP contribution in [-0.2, 0) is 19.1 Å². The van der Waals surface area contributed by atoms with E-state index in [0.717, 1.165) is 64.2 Å². The minimum absolute atomic E-state index is 0.0445. The quantitative estimate of drug-likeness (QED) is 0.306. The molecule has 7 nitrogen and oxygen atoms in total. The average molecular weight is 531 g/mol. The summed E-state index contributed by atoms with van der Waals surface area (Å²) in [6, 6.07) is -0.396. The lowest BCUT2D eigenvalue weighted by atomic mass is 9.74. The molecular formula is C29H42N2O5S. The number of thioether (sulfide) groups is 1. The number of cyclic esters (lactones) is 1. The Balaban J connectivity index is 1.53. The monoisotopic (exact) mass is 530 g/mol. The van der Waals surface area contributed by atoms with Crippen LogP contribution in [0.2, 0.25) is 0 Å². The molecule has 0 aromatic rings. The second-order valence-electron chi connectivity index (χ2n) is 11.6. The number of allylic oxidation sites excluding steroid dienone is 1. The van der Waals surface area contributed by atoms with Gasteiger partial charge in [-0.15, -0.1) is 11.8 Å². The van der Waals surface area contributed by atoms with Gasteiger partial charge in [-0.1, -0.05) is 56.4 Å². The van der Waals surface area contributed by atoms with Gasteiger partial charge in [0.05, 0.1) is 23.2 Å². The average Bonchev–Trinajstić information content (AvgIpc) is 3.23. The number of carbonyl (C=O) groups is 3. The number of aliphatic hydroxyl groups is 1. The SMILES string of the molecule is C[C@]12/C=C\CCCOC(=O)[C@H]1[C@H]1C(=O)N(CCCCCCO)C3C(=O)N(C4CCCCC4)CC=C[C@@]31S2. The van der Waals surface area contributed by atoms with E-state index in [9.17, 15) is 14.4 Å². The summed E-state index contributed by atoms with van der Waals surface area (Å²) in [5, 5.41) is 9.15. The number of amides is 2. The molecule has 8 heteroatoms. The number of likely N-dealkylation sites (tertiary alicyclic amines) is 1. The molecule has 204 valence electrons. The number of nitrogens with zero attached hydrogens (tertiary/aromatic N) is 2. The van der Waals surface area contributed by atoms with E-state index in [0.29, 0.717) is 19.7 Å². The first-order valence-electron chi connectivity index (χ1n) is 14.4. The van der Waals surface area contributed by atoms with Gasteiger partial charge in [0.1, 0.15) is 6.04 Å². The lowest BCUT2D eigenvalue weighted by molar-refractivity contribution is -0.154. The predicted octanol–water partition coefficient (Wildman–Crippen LogP) is 3.85. The molecule has 4 heterocycles. The van der Waals surface area contributed by atoms with Crippen LogP contribution < -0.4 is 0 Å². The fraction of sp³-hybridized carbons (Fsp3) is 0.759. The summed E-state index contributed by atoms with van der Waals surface area (Å²) in [5.41, 5.74) is 0. The van der Waals surface area contributed by atoms with Crippen LogP contribution in [0.4, 0.5) is 0 Å². The number of rotatable bonds is 7. The molecule has 2 saturated heterocycles. The van der Waals surface area contributed by atoms with Gasteiger partial charge < -0.3 is 19.6 Å². The fourth-order valence-electron chi connectivity index (χ4n) is 7.36. The van der Waals surface area contributed by atoms with Crippen LogP contribution in [0, 0.1) is 11.8 Å². The number of hydrogen-bond acceptors (Lipinski definition) is 6. The van der Waals surface area contributed by atoms with Gasteiger partial charge in [0.15, 0.2) is 0 Å². The minimum atomic E-state index is -0.787. The lowest BCUT2D eigenvalue weighted by Crippen LogP contribution is -2.55. The maximum absolute atomic E-state index is 14.4. The highest BCUT2D eigenvalue weighted by molar-refractivity contribution is 8.02. The van der Waals surface area contributed by atoms with Crippen LogP contribution in [0.15, 0.2) is 24.3 Å². The van der Waals surface area contributed by atoms with Crippen molar-refractivity contribution in [2.24, 2.45) is 11.8 Å². The standard InChI is InChI=1S/C29H42N2O5S/c1-28-15-8-5-11-20-36-27(35)23(28)22-25(33)31(17-9-2-3-10-19-32)24-26(34)30(21-13-6-4-7-14-21)18-12-16-29(22,24)37-28/h8,12,15-16,21-24,32H,2-7,9-11,13-14,17-20H2,1H3/b15-8-/t22-,23+,24?,28-,29-/m0/s1. The van der Waals surface area contributed by atoms with Crippen molar-refractivity contribution < 1.29 is 24.2 Å². The second kappa shape index (κ2) is 11.1. The third-order valence-electron chi connectivity index (χ3n) is 9.10. The summed E-state index contributed by atoms with van der Waals surface area (Å²) in [5.74, 6) is -1.59. The Kier molecular flexibility index (Phi) is 8.06. The molecule has 4 aliphatic heterocycles. The van der Waals surface area contributed by atoms with Gasteiger partial charge in [0.2, 0.25) is 11.8 Å². The number of esters is 1. The van der Waals surface area contributed by atoms with Gasteiger partial charge in [0.25, 0.3) is 0 Å². The van der Waals surface area contributed by atoms with Gasteiger partial charge in [-0.25, -0.2) is 0 Å². The van der Waals surface area contributed by atoms with Gasteiger partial charge >= 0.3 is 5.97 Å². The Bertz CT molecular complexity index is 947. The first-order valence-corrected chi connectivity index (χ1v) is 15.2. The molecule has 0 bridgehead atoms.